The number of hydrogen-bond donors (Lipinski definition) is 4. The lowest BCUT2D eigenvalue weighted by Gasteiger charge is -2.08. The fourth-order valence-electron chi connectivity index (χ4n) is 3.02. The van der Waals surface area contributed by atoms with E-state index in [1.165, 1.54) is 0 Å². The van der Waals surface area contributed by atoms with Gasteiger partial charge >= 0.3 is 0 Å². The minimum Gasteiger partial charge on any atom is -0.507 e. The lowest BCUT2D eigenvalue weighted by molar-refractivity contribution is -0.116. The fourth-order valence-corrected chi connectivity index (χ4v) is 5.09. The van der Waals surface area contributed by atoms with Crippen LogP contribution in [0.4, 0.5) is 0 Å². The third-order valence-corrected chi connectivity index (χ3v) is 6.77. The average Bonchev–Trinajstić information content (AvgIpc) is 3.20. The first kappa shape index (κ1) is 21.6. The molecule has 0 radical (unpaired) electrons. The zero-order valence-corrected chi connectivity index (χ0v) is 18.9. The van der Waals surface area contributed by atoms with Crippen LogP contribution in [0.2, 0.25) is 0 Å². The van der Waals surface area contributed by atoms with Gasteiger partial charge in [-0.25, -0.2) is 0 Å². The Morgan fingerprint density at radius 1 is 0.774 bits per heavy atom. The number of hydrogen-bond acceptors (Lipinski definition) is 8. The second-order valence-electron chi connectivity index (χ2n) is 6.67. The highest BCUT2D eigenvalue weighted by Gasteiger charge is 2.23. The number of aromatic hydroxyl groups is 2. The largest absolute Gasteiger partial charge is 0.507 e. The standard InChI is InChI=1S/C21H14N2O4S4/c24-14-3-1-10(6-12(14)8-16-18(26)22-20(28)30-16)5-11-2-4-15(25)13(7-11)9-17-19(27)23-21(29)31-17/h1-4,6-9,24-25H,5H2,(H,22,26,28)(H,23,27,29)/b16-8+,17-9+. The van der Waals surface area contributed by atoms with Crippen LogP contribution in [-0.4, -0.2) is 30.7 Å². The third-order valence-electron chi connectivity index (χ3n) is 4.45. The molecule has 2 heterocycles. The number of phenolic OH excluding ortho intramolecular Hbond substituents is 2. The summed E-state index contributed by atoms with van der Waals surface area (Å²) in [5.41, 5.74) is 2.81. The molecule has 2 aromatic rings. The molecule has 31 heavy (non-hydrogen) atoms. The molecule has 2 aliphatic rings. The van der Waals surface area contributed by atoms with Gasteiger partial charge in [-0.1, -0.05) is 60.1 Å². The molecule has 2 fully saturated rings. The number of amides is 2. The van der Waals surface area contributed by atoms with E-state index in [1.807, 2.05) is 0 Å². The number of carbonyl (C=O) groups excluding carboxylic acids is 2. The van der Waals surface area contributed by atoms with E-state index in [0.717, 1.165) is 34.7 Å². The second-order valence-corrected chi connectivity index (χ2v) is 10.1. The molecule has 156 valence electrons. The van der Waals surface area contributed by atoms with Gasteiger partial charge in [0.25, 0.3) is 11.8 Å². The summed E-state index contributed by atoms with van der Waals surface area (Å²) >= 11 is 12.3. The van der Waals surface area contributed by atoms with Crippen molar-refractivity contribution in [2.45, 2.75) is 6.42 Å². The van der Waals surface area contributed by atoms with Gasteiger partial charge in [-0.15, -0.1) is 0 Å². The van der Waals surface area contributed by atoms with E-state index >= 15 is 0 Å². The monoisotopic (exact) mass is 486 g/mol. The zero-order valence-electron chi connectivity index (χ0n) is 15.7. The summed E-state index contributed by atoms with van der Waals surface area (Å²) in [6.45, 7) is 0. The predicted octanol–water partition coefficient (Wildman–Crippen LogP) is 3.67. The average molecular weight is 487 g/mol. The lowest BCUT2D eigenvalue weighted by Crippen LogP contribution is -2.17. The molecule has 2 saturated heterocycles. The molecule has 0 unspecified atom stereocenters. The summed E-state index contributed by atoms with van der Waals surface area (Å²) in [6.07, 6.45) is 3.72. The first-order chi connectivity index (χ1) is 14.8. The molecule has 0 aromatic heterocycles. The molecule has 0 bridgehead atoms. The van der Waals surface area contributed by atoms with Crippen molar-refractivity contribution in [3.05, 3.63) is 68.5 Å². The first-order valence-corrected chi connectivity index (χ1v) is 11.4. The number of carbonyl (C=O) groups is 2. The third kappa shape index (κ3) is 4.99. The summed E-state index contributed by atoms with van der Waals surface area (Å²) in [5.74, 6) is -0.466. The van der Waals surface area contributed by atoms with Gasteiger partial charge in [-0.2, -0.15) is 0 Å². The predicted molar refractivity (Wildman–Crippen MR) is 132 cm³/mol. The minimum absolute atomic E-state index is 0.0545. The van der Waals surface area contributed by atoms with Crippen molar-refractivity contribution in [2.24, 2.45) is 0 Å². The maximum atomic E-state index is 11.9. The zero-order chi connectivity index (χ0) is 22.1. The van der Waals surface area contributed by atoms with Gasteiger partial charge in [0.15, 0.2) is 0 Å². The van der Waals surface area contributed by atoms with Gasteiger partial charge in [0.05, 0.1) is 9.81 Å². The number of nitrogens with one attached hydrogen (secondary N) is 2. The number of thiocarbonyl (C=S) groups is 2. The van der Waals surface area contributed by atoms with Crippen LogP contribution in [0.3, 0.4) is 0 Å². The van der Waals surface area contributed by atoms with E-state index in [-0.39, 0.29) is 23.3 Å². The molecular formula is C21H14N2O4S4. The highest BCUT2D eigenvalue weighted by Crippen LogP contribution is 2.32. The summed E-state index contributed by atoms with van der Waals surface area (Å²) in [4.78, 5) is 24.6. The number of phenols is 2. The Hall–Kier alpha value is -2.66. The van der Waals surface area contributed by atoms with Crippen molar-refractivity contribution in [1.82, 2.24) is 10.6 Å². The van der Waals surface area contributed by atoms with E-state index in [0.29, 0.717) is 36.0 Å². The van der Waals surface area contributed by atoms with E-state index in [1.54, 1.807) is 48.6 Å². The number of rotatable bonds is 4. The van der Waals surface area contributed by atoms with Crippen molar-refractivity contribution in [3.8, 4) is 11.5 Å². The molecule has 4 N–H and O–H groups in total. The Kier molecular flexibility index (Phi) is 6.15. The molecule has 0 aliphatic carbocycles. The molecule has 0 atom stereocenters. The highest BCUT2D eigenvalue weighted by atomic mass is 32.2. The molecule has 2 aromatic carbocycles. The maximum Gasteiger partial charge on any atom is 0.263 e. The van der Waals surface area contributed by atoms with Gasteiger partial charge < -0.3 is 20.8 Å². The second kappa shape index (κ2) is 8.83. The van der Waals surface area contributed by atoms with Gasteiger partial charge in [-0.05, 0) is 54.0 Å². The van der Waals surface area contributed by atoms with Gasteiger partial charge in [0.1, 0.15) is 20.1 Å². The van der Waals surface area contributed by atoms with Gasteiger partial charge in [-0.3, -0.25) is 9.59 Å². The van der Waals surface area contributed by atoms with E-state index < -0.39 is 0 Å². The molecule has 0 spiro atoms. The normalized spacial score (nSPS) is 18.7. The van der Waals surface area contributed by atoms with Crippen LogP contribution in [0.5, 0.6) is 11.5 Å². The van der Waals surface area contributed by atoms with Crippen LogP contribution in [0.15, 0.2) is 46.2 Å². The summed E-state index contributed by atoms with van der Waals surface area (Å²) in [7, 11) is 0. The van der Waals surface area contributed by atoms with Crippen LogP contribution < -0.4 is 10.6 Å². The summed E-state index contributed by atoms with van der Waals surface area (Å²) in [5, 5.41) is 25.5. The molecule has 0 saturated carbocycles. The summed E-state index contributed by atoms with van der Waals surface area (Å²) in [6, 6.07) is 10.3. The van der Waals surface area contributed by atoms with Gasteiger partial charge in [0, 0.05) is 11.1 Å². The van der Waals surface area contributed by atoms with E-state index in [4.69, 9.17) is 24.4 Å². The lowest BCUT2D eigenvalue weighted by atomic mass is 9.99. The van der Waals surface area contributed by atoms with Crippen molar-refractivity contribution < 1.29 is 19.8 Å². The highest BCUT2D eigenvalue weighted by molar-refractivity contribution is 8.27. The molecular weight excluding hydrogens is 473 g/mol. The molecule has 2 amide bonds. The van der Waals surface area contributed by atoms with Crippen molar-refractivity contribution in [1.29, 1.82) is 0 Å². The van der Waals surface area contributed by atoms with Crippen LogP contribution in [0.1, 0.15) is 22.3 Å². The van der Waals surface area contributed by atoms with Crippen LogP contribution in [0.25, 0.3) is 12.2 Å². The smallest absolute Gasteiger partial charge is 0.263 e. The number of benzene rings is 2. The van der Waals surface area contributed by atoms with Crippen LogP contribution in [0, 0.1) is 0 Å². The Morgan fingerprint density at radius 3 is 1.55 bits per heavy atom. The topological polar surface area (TPSA) is 98.7 Å². The quantitative estimate of drug-likeness (QED) is 0.384. The Labute approximate surface area is 196 Å². The molecule has 2 aliphatic heterocycles. The minimum atomic E-state index is -0.288. The van der Waals surface area contributed by atoms with Crippen molar-refractivity contribution in [2.75, 3.05) is 0 Å². The van der Waals surface area contributed by atoms with Gasteiger partial charge in [0.2, 0.25) is 0 Å². The van der Waals surface area contributed by atoms with E-state index in [2.05, 4.69) is 10.6 Å². The SMILES string of the molecule is O=C1NC(=S)S/C1=C/c1cc(Cc2ccc(O)c(/C=C3/SC(=S)NC3=O)c2)ccc1O. The molecule has 10 heteroatoms. The Balaban J connectivity index is 1.60. The number of thioether (sulfide) groups is 2. The van der Waals surface area contributed by atoms with Crippen LogP contribution >= 0.6 is 48.0 Å². The maximum absolute atomic E-state index is 11.9. The molecule has 6 nitrogen and oxygen atoms in total. The summed E-state index contributed by atoms with van der Waals surface area (Å²) < 4.78 is 0.764. The van der Waals surface area contributed by atoms with Crippen LogP contribution in [-0.2, 0) is 16.0 Å². The van der Waals surface area contributed by atoms with E-state index in [9.17, 15) is 19.8 Å². The molecule has 4 rings (SSSR count). The fraction of sp³-hybridized carbons (Fsp3) is 0.0476. The Bertz CT molecular complexity index is 1130. The first-order valence-electron chi connectivity index (χ1n) is 8.92. The van der Waals surface area contributed by atoms with Crippen molar-refractivity contribution >= 4 is 80.6 Å². The van der Waals surface area contributed by atoms with Crippen molar-refractivity contribution in [3.63, 3.8) is 0 Å². The Morgan fingerprint density at radius 2 is 1.19 bits per heavy atom.